The van der Waals surface area contributed by atoms with E-state index in [2.05, 4.69) is 39.8 Å². The van der Waals surface area contributed by atoms with E-state index in [0.717, 1.165) is 18.8 Å². The molecule has 0 aliphatic heterocycles. The molecule has 0 aliphatic rings. The van der Waals surface area contributed by atoms with Gasteiger partial charge in [-0.25, -0.2) is 15.8 Å². The Bertz CT molecular complexity index is 572. The molecule has 0 saturated heterocycles. The van der Waals surface area contributed by atoms with Crippen molar-refractivity contribution in [3.63, 3.8) is 0 Å². The fraction of sp³-hybridized carbons (Fsp3) is 0.429. The van der Waals surface area contributed by atoms with Crippen LogP contribution < -0.4 is 16.6 Å². The number of nitrogens with zero attached hydrogens (tertiary/aromatic N) is 2. The third-order valence-electron chi connectivity index (χ3n) is 2.87. The molecule has 4 N–H and O–H groups in total. The van der Waals surface area contributed by atoms with Gasteiger partial charge in [-0.05, 0) is 25.5 Å². The van der Waals surface area contributed by atoms with Crippen molar-refractivity contribution in [1.82, 2.24) is 9.97 Å². The summed E-state index contributed by atoms with van der Waals surface area (Å²) in [5.74, 6) is 7.35. The summed E-state index contributed by atoms with van der Waals surface area (Å²) >= 11 is 1.81. The molecule has 0 aromatic carbocycles. The van der Waals surface area contributed by atoms with Gasteiger partial charge in [-0.1, -0.05) is 6.92 Å². The number of thiophene rings is 1. The van der Waals surface area contributed by atoms with Gasteiger partial charge in [0.05, 0.1) is 6.54 Å². The average molecular weight is 307 g/mol. The fourth-order valence-electron chi connectivity index (χ4n) is 1.80. The predicted octanol–water partition coefficient (Wildman–Crippen LogP) is 2.53. The molecule has 2 aromatic rings. The molecule has 0 spiro atoms. The lowest BCUT2D eigenvalue weighted by Crippen LogP contribution is -2.12. The van der Waals surface area contributed by atoms with Gasteiger partial charge in [-0.3, -0.25) is 0 Å². The van der Waals surface area contributed by atoms with Crippen LogP contribution in [-0.4, -0.2) is 16.6 Å². The summed E-state index contributed by atoms with van der Waals surface area (Å²) < 4.78 is 5.34. The average Bonchev–Trinajstić information content (AvgIpc) is 2.98. The Morgan fingerprint density at radius 3 is 2.62 bits per heavy atom. The first-order valence-corrected chi connectivity index (χ1v) is 7.80. The number of hydrogen-bond acceptors (Lipinski definition) is 7. The van der Waals surface area contributed by atoms with E-state index in [1.165, 1.54) is 9.75 Å². The number of rotatable bonds is 8. The molecule has 2 aromatic heterocycles. The first-order chi connectivity index (χ1) is 10.2. The van der Waals surface area contributed by atoms with Crippen LogP contribution in [0.5, 0.6) is 0 Å². The third-order valence-corrected chi connectivity index (χ3v) is 4.09. The normalized spacial score (nSPS) is 10.6. The molecular formula is C14H21N5OS. The quantitative estimate of drug-likeness (QED) is 0.513. The van der Waals surface area contributed by atoms with Gasteiger partial charge in [-0.15, -0.1) is 11.3 Å². The number of nitrogens with two attached hydrogens (primary N) is 1. The van der Waals surface area contributed by atoms with Crippen molar-refractivity contribution < 1.29 is 4.74 Å². The molecule has 0 fully saturated rings. The van der Waals surface area contributed by atoms with E-state index in [0.29, 0.717) is 24.9 Å². The zero-order valence-electron chi connectivity index (χ0n) is 12.3. The van der Waals surface area contributed by atoms with Gasteiger partial charge in [-0.2, -0.15) is 0 Å². The summed E-state index contributed by atoms with van der Waals surface area (Å²) in [7, 11) is 0. The van der Waals surface area contributed by atoms with Crippen molar-refractivity contribution in [2.45, 2.75) is 33.4 Å². The van der Waals surface area contributed by atoms with E-state index in [1.807, 2.05) is 18.3 Å². The Morgan fingerprint density at radius 1 is 1.19 bits per heavy atom. The molecule has 0 atom stereocenters. The highest BCUT2D eigenvalue weighted by Crippen LogP contribution is 2.19. The number of ether oxygens (including phenoxy) is 1. The smallest absolute Gasteiger partial charge is 0.158 e. The van der Waals surface area contributed by atoms with Gasteiger partial charge in [0.25, 0.3) is 0 Å². The summed E-state index contributed by atoms with van der Waals surface area (Å²) in [4.78, 5) is 11.3. The van der Waals surface area contributed by atoms with Crippen LogP contribution in [0.1, 0.15) is 29.4 Å². The Balaban J connectivity index is 2.03. The summed E-state index contributed by atoms with van der Waals surface area (Å²) in [5.41, 5.74) is 2.55. The highest BCUT2D eigenvalue weighted by Gasteiger charge is 2.05. The lowest BCUT2D eigenvalue weighted by atomic mass is 10.3. The van der Waals surface area contributed by atoms with Gasteiger partial charge in [0.2, 0.25) is 0 Å². The largest absolute Gasteiger partial charge is 0.374 e. The number of nitrogens with one attached hydrogen (secondary N) is 2. The third kappa shape index (κ3) is 4.66. The van der Waals surface area contributed by atoms with Gasteiger partial charge in [0.15, 0.2) is 5.82 Å². The highest BCUT2D eigenvalue weighted by molar-refractivity contribution is 7.12. The molecule has 114 valence electrons. The van der Waals surface area contributed by atoms with Crippen LogP contribution in [-0.2, 0) is 24.3 Å². The minimum Gasteiger partial charge on any atom is -0.374 e. The first kappa shape index (κ1) is 15.7. The van der Waals surface area contributed by atoms with Gasteiger partial charge < -0.3 is 15.5 Å². The minimum atomic E-state index is 0.375. The summed E-state index contributed by atoms with van der Waals surface area (Å²) in [6.45, 7) is 5.83. The number of hydrazine groups is 1. The maximum atomic E-state index is 5.44. The van der Waals surface area contributed by atoms with Gasteiger partial charge in [0, 0.05) is 22.4 Å². The molecule has 2 rings (SSSR count). The van der Waals surface area contributed by atoms with Crippen molar-refractivity contribution in [3.05, 3.63) is 33.8 Å². The number of aryl methyl sites for hydroxylation is 1. The minimum absolute atomic E-state index is 0.375. The van der Waals surface area contributed by atoms with Crippen LogP contribution in [0.4, 0.5) is 11.6 Å². The highest BCUT2D eigenvalue weighted by atomic mass is 32.1. The molecule has 0 radical (unpaired) electrons. The molecule has 7 heteroatoms. The number of anilines is 2. The van der Waals surface area contributed by atoms with Crippen molar-refractivity contribution in [1.29, 1.82) is 0 Å². The lowest BCUT2D eigenvalue weighted by molar-refractivity contribution is 0.128. The Labute approximate surface area is 128 Å². The van der Waals surface area contributed by atoms with Crippen LogP contribution in [0.2, 0.25) is 0 Å². The molecule has 0 unspecified atom stereocenters. The fourth-order valence-corrected chi connectivity index (χ4v) is 2.70. The maximum Gasteiger partial charge on any atom is 0.158 e. The number of aromatic nitrogens is 2. The summed E-state index contributed by atoms with van der Waals surface area (Å²) in [5, 5.41) is 3.30. The van der Waals surface area contributed by atoms with E-state index in [4.69, 9.17) is 10.6 Å². The van der Waals surface area contributed by atoms with Gasteiger partial charge in [0.1, 0.15) is 18.2 Å². The molecule has 0 amide bonds. The van der Waals surface area contributed by atoms with Crippen molar-refractivity contribution >= 4 is 23.0 Å². The monoisotopic (exact) mass is 307 g/mol. The second kappa shape index (κ2) is 7.92. The Morgan fingerprint density at radius 2 is 1.95 bits per heavy atom. The molecule has 0 aliphatic carbocycles. The first-order valence-electron chi connectivity index (χ1n) is 6.99. The molecule has 21 heavy (non-hydrogen) atoms. The SMILES string of the molecule is CCOCc1nc(NN)cc(NCc2ccc(CC)s2)n1. The molecule has 0 bridgehead atoms. The Hall–Kier alpha value is -1.70. The Kier molecular flexibility index (Phi) is 5.91. The van der Waals surface area contributed by atoms with E-state index in [9.17, 15) is 0 Å². The number of hydrogen-bond donors (Lipinski definition) is 3. The van der Waals surface area contributed by atoms with E-state index in [1.54, 1.807) is 6.07 Å². The standard InChI is InChI=1S/C14H21N5OS/c1-3-10-5-6-11(21-10)8-16-12-7-13(19-15)18-14(17-12)9-20-4-2/h5-7H,3-4,8-9,15H2,1-2H3,(H2,16,17,18,19). The molecular weight excluding hydrogens is 286 g/mol. The molecule has 0 saturated carbocycles. The van der Waals surface area contributed by atoms with Crippen LogP contribution in [0.15, 0.2) is 18.2 Å². The summed E-state index contributed by atoms with van der Waals surface area (Å²) in [6.07, 6.45) is 1.07. The zero-order chi connectivity index (χ0) is 15.1. The van der Waals surface area contributed by atoms with Crippen LogP contribution in [0.25, 0.3) is 0 Å². The lowest BCUT2D eigenvalue weighted by Gasteiger charge is -2.09. The molecule has 6 nitrogen and oxygen atoms in total. The van der Waals surface area contributed by atoms with Crippen molar-refractivity contribution in [3.8, 4) is 0 Å². The van der Waals surface area contributed by atoms with Crippen LogP contribution in [0, 0.1) is 0 Å². The van der Waals surface area contributed by atoms with Crippen LogP contribution >= 0.6 is 11.3 Å². The van der Waals surface area contributed by atoms with Crippen molar-refractivity contribution in [2.24, 2.45) is 5.84 Å². The summed E-state index contributed by atoms with van der Waals surface area (Å²) in [6, 6.07) is 6.08. The van der Waals surface area contributed by atoms with E-state index < -0.39 is 0 Å². The van der Waals surface area contributed by atoms with Crippen molar-refractivity contribution in [2.75, 3.05) is 17.3 Å². The topological polar surface area (TPSA) is 85.1 Å². The van der Waals surface area contributed by atoms with Gasteiger partial charge >= 0.3 is 0 Å². The van der Waals surface area contributed by atoms with Crippen LogP contribution in [0.3, 0.4) is 0 Å². The zero-order valence-corrected chi connectivity index (χ0v) is 13.2. The van der Waals surface area contributed by atoms with E-state index >= 15 is 0 Å². The predicted molar refractivity (Wildman–Crippen MR) is 86.2 cm³/mol. The number of nitrogen functional groups attached to an aromatic ring is 1. The second-order valence-electron chi connectivity index (χ2n) is 4.41. The van der Waals surface area contributed by atoms with E-state index in [-0.39, 0.29) is 0 Å². The second-order valence-corrected chi connectivity index (χ2v) is 5.66. The molecule has 2 heterocycles. The maximum absolute atomic E-state index is 5.44.